The van der Waals surface area contributed by atoms with Crippen molar-refractivity contribution in [1.29, 1.82) is 0 Å². The normalized spacial score (nSPS) is 11.5. The molecule has 0 saturated heterocycles. The fourth-order valence-corrected chi connectivity index (χ4v) is 3.31. The second kappa shape index (κ2) is 7.36. The fraction of sp³-hybridized carbons (Fsp3) is 0.250. The first-order chi connectivity index (χ1) is 10.1. The highest BCUT2D eigenvalue weighted by Gasteiger charge is 2.14. The molecule has 0 saturated carbocycles. The summed E-state index contributed by atoms with van der Waals surface area (Å²) < 4.78 is 26.9. The van der Waals surface area contributed by atoms with Gasteiger partial charge in [-0.25, -0.2) is 13.1 Å². The van der Waals surface area contributed by atoms with Crippen LogP contribution in [-0.2, 0) is 16.6 Å². The summed E-state index contributed by atoms with van der Waals surface area (Å²) in [6.45, 7) is 3.47. The van der Waals surface area contributed by atoms with Gasteiger partial charge in [0, 0.05) is 19.6 Å². The third kappa shape index (κ3) is 4.67. The van der Waals surface area contributed by atoms with Crippen LogP contribution < -0.4 is 10.0 Å². The third-order valence-electron chi connectivity index (χ3n) is 3.15. The minimum atomic E-state index is -3.43. The van der Waals surface area contributed by atoms with Crippen molar-refractivity contribution in [3.05, 3.63) is 65.7 Å². The van der Waals surface area contributed by atoms with E-state index in [1.165, 1.54) is 5.56 Å². The average molecular weight is 304 g/mol. The second-order valence-electron chi connectivity index (χ2n) is 4.83. The summed E-state index contributed by atoms with van der Waals surface area (Å²) in [5.74, 6) is 0. The van der Waals surface area contributed by atoms with E-state index in [4.69, 9.17) is 0 Å². The number of benzene rings is 2. The van der Waals surface area contributed by atoms with Crippen molar-refractivity contribution in [2.75, 3.05) is 13.1 Å². The molecule has 2 aromatic carbocycles. The minimum absolute atomic E-state index is 0.341. The topological polar surface area (TPSA) is 58.2 Å². The Morgan fingerprint density at radius 3 is 2.29 bits per heavy atom. The summed E-state index contributed by atoms with van der Waals surface area (Å²) >= 11 is 0. The molecular weight excluding hydrogens is 284 g/mol. The van der Waals surface area contributed by atoms with Gasteiger partial charge in [0.15, 0.2) is 0 Å². The van der Waals surface area contributed by atoms with Crippen LogP contribution in [0.3, 0.4) is 0 Å². The molecule has 0 aliphatic rings. The number of sulfonamides is 1. The smallest absolute Gasteiger partial charge is 0.240 e. The summed E-state index contributed by atoms with van der Waals surface area (Å²) in [5.41, 5.74) is 1.93. The molecule has 0 heterocycles. The summed E-state index contributed by atoms with van der Waals surface area (Å²) in [5, 5.41) is 3.21. The third-order valence-corrected chi connectivity index (χ3v) is 4.77. The van der Waals surface area contributed by atoms with E-state index in [1.54, 1.807) is 25.1 Å². The van der Waals surface area contributed by atoms with Gasteiger partial charge in [0.1, 0.15) is 0 Å². The maximum atomic E-state index is 12.1. The first-order valence-corrected chi connectivity index (χ1v) is 8.38. The SMILES string of the molecule is Cc1ccccc1S(=O)(=O)NCCNCc1ccccc1. The molecule has 112 valence electrons. The second-order valence-corrected chi connectivity index (χ2v) is 6.56. The van der Waals surface area contributed by atoms with E-state index in [0.717, 1.165) is 12.1 Å². The Morgan fingerprint density at radius 2 is 1.57 bits per heavy atom. The Balaban J connectivity index is 1.79. The van der Waals surface area contributed by atoms with Crippen LogP contribution in [0.4, 0.5) is 0 Å². The molecule has 4 nitrogen and oxygen atoms in total. The molecule has 0 aliphatic heterocycles. The molecule has 0 fully saturated rings. The molecule has 0 radical (unpaired) electrons. The number of aryl methyl sites for hydroxylation is 1. The van der Waals surface area contributed by atoms with Crippen LogP contribution in [0, 0.1) is 6.92 Å². The Bertz CT molecular complexity index is 670. The van der Waals surface area contributed by atoms with Crippen LogP contribution in [0.2, 0.25) is 0 Å². The van der Waals surface area contributed by atoms with E-state index < -0.39 is 10.0 Å². The summed E-state index contributed by atoms with van der Waals surface area (Å²) in [6.07, 6.45) is 0. The largest absolute Gasteiger partial charge is 0.311 e. The van der Waals surface area contributed by atoms with E-state index in [2.05, 4.69) is 10.0 Å². The van der Waals surface area contributed by atoms with Gasteiger partial charge >= 0.3 is 0 Å². The highest BCUT2D eigenvalue weighted by Crippen LogP contribution is 2.13. The Morgan fingerprint density at radius 1 is 0.905 bits per heavy atom. The van der Waals surface area contributed by atoms with Crippen molar-refractivity contribution in [3.8, 4) is 0 Å². The summed E-state index contributed by atoms with van der Waals surface area (Å²) in [7, 11) is -3.43. The van der Waals surface area contributed by atoms with Gasteiger partial charge in [-0.3, -0.25) is 0 Å². The van der Waals surface area contributed by atoms with Gasteiger partial charge in [0.25, 0.3) is 0 Å². The molecule has 0 aliphatic carbocycles. The van der Waals surface area contributed by atoms with Crippen LogP contribution in [0.15, 0.2) is 59.5 Å². The van der Waals surface area contributed by atoms with Crippen molar-refractivity contribution >= 4 is 10.0 Å². The number of nitrogens with one attached hydrogen (secondary N) is 2. The average Bonchev–Trinajstić information content (AvgIpc) is 2.48. The van der Waals surface area contributed by atoms with Gasteiger partial charge in [-0.05, 0) is 24.1 Å². The van der Waals surface area contributed by atoms with Crippen LogP contribution in [-0.4, -0.2) is 21.5 Å². The van der Waals surface area contributed by atoms with Crippen LogP contribution in [0.25, 0.3) is 0 Å². The van der Waals surface area contributed by atoms with Crippen molar-refractivity contribution in [1.82, 2.24) is 10.0 Å². The molecule has 21 heavy (non-hydrogen) atoms. The Kier molecular flexibility index (Phi) is 5.50. The van der Waals surface area contributed by atoms with Crippen LogP contribution in [0.1, 0.15) is 11.1 Å². The Labute approximate surface area is 126 Å². The van der Waals surface area contributed by atoms with E-state index in [9.17, 15) is 8.42 Å². The lowest BCUT2D eigenvalue weighted by molar-refractivity contribution is 0.575. The number of rotatable bonds is 7. The lowest BCUT2D eigenvalue weighted by Gasteiger charge is -2.09. The molecule has 2 N–H and O–H groups in total. The van der Waals surface area contributed by atoms with Gasteiger partial charge in [-0.2, -0.15) is 0 Å². The maximum Gasteiger partial charge on any atom is 0.240 e. The zero-order valence-corrected chi connectivity index (χ0v) is 12.9. The van der Waals surface area contributed by atoms with Gasteiger partial charge in [0.2, 0.25) is 10.0 Å². The molecule has 2 rings (SSSR count). The standard InChI is InChI=1S/C16H20N2O2S/c1-14-7-5-6-10-16(14)21(19,20)18-12-11-17-13-15-8-3-2-4-9-15/h2-10,17-18H,11-13H2,1H3. The van der Waals surface area contributed by atoms with Gasteiger partial charge in [-0.1, -0.05) is 48.5 Å². The quantitative estimate of drug-likeness (QED) is 0.770. The predicted molar refractivity (Wildman–Crippen MR) is 84.5 cm³/mol. The molecule has 0 unspecified atom stereocenters. The first-order valence-electron chi connectivity index (χ1n) is 6.89. The molecule has 0 bridgehead atoms. The molecule has 0 aromatic heterocycles. The van der Waals surface area contributed by atoms with Gasteiger partial charge < -0.3 is 5.32 Å². The lowest BCUT2D eigenvalue weighted by atomic mass is 10.2. The highest BCUT2D eigenvalue weighted by atomic mass is 32.2. The van der Waals surface area contributed by atoms with E-state index in [1.807, 2.05) is 36.4 Å². The van der Waals surface area contributed by atoms with Crippen molar-refractivity contribution in [2.45, 2.75) is 18.4 Å². The van der Waals surface area contributed by atoms with Gasteiger partial charge in [-0.15, -0.1) is 0 Å². The molecule has 0 amide bonds. The molecule has 5 heteroatoms. The lowest BCUT2D eigenvalue weighted by Crippen LogP contribution is -2.32. The zero-order valence-electron chi connectivity index (χ0n) is 12.0. The molecule has 0 atom stereocenters. The maximum absolute atomic E-state index is 12.1. The highest BCUT2D eigenvalue weighted by molar-refractivity contribution is 7.89. The van der Waals surface area contributed by atoms with Gasteiger partial charge in [0.05, 0.1) is 4.90 Å². The van der Waals surface area contributed by atoms with Crippen LogP contribution >= 0.6 is 0 Å². The molecular formula is C16H20N2O2S. The van der Waals surface area contributed by atoms with Crippen molar-refractivity contribution in [3.63, 3.8) is 0 Å². The predicted octanol–water partition coefficient (Wildman–Crippen LogP) is 2.06. The van der Waals surface area contributed by atoms with Crippen molar-refractivity contribution in [2.24, 2.45) is 0 Å². The number of hydrogen-bond donors (Lipinski definition) is 2. The van der Waals surface area contributed by atoms with E-state index >= 15 is 0 Å². The molecule has 2 aromatic rings. The zero-order chi connectivity index (χ0) is 15.1. The summed E-state index contributed by atoms with van der Waals surface area (Å²) in [6, 6.07) is 17.0. The summed E-state index contributed by atoms with van der Waals surface area (Å²) in [4.78, 5) is 0.341. The minimum Gasteiger partial charge on any atom is -0.311 e. The number of hydrogen-bond acceptors (Lipinski definition) is 3. The Hall–Kier alpha value is -1.69. The molecule has 0 spiro atoms. The van der Waals surface area contributed by atoms with E-state index in [-0.39, 0.29) is 0 Å². The first kappa shape index (κ1) is 15.7. The fourth-order valence-electron chi connectivity index (χ4n) is 2.04. The van der Waals surface area contributed by atoms with E-state index in [0.29, 0.717) is 18.0 Å². The monoisotopic (exact) mass is 304 g/mol. The van der Waals surface area contributed by atoms with Crippen molar-refractivity contribution < 1.29 is 8.42 Å². The van der Waals surface area contributed by atoms with Crippen LogP contribution in [0.5, 0.6) is 0 Å².